The quantitative estimate of drug-likeness (QED) is 0.777. The van der Waals surface area contributed by atoms with Gasteiger partial charge in [0.1, 0.15) is 0 Å². The number of hydrogen-bond donors (Lipinski definition) is 1. The zero-order valence-corrected chi connectivity index (χ0v) is 15.5. The second-order valence-electron chi connectivity index (χ2n) is 5.87. The molecule has 23 heavy (non-hydrogen) atoms. The summed E-state index contributed by atoms with van der Waals surface area (Å²) in [6, 6.07) is 7.96. The molecule has 0 bridgehead atoms. The van der Waals surface area contributed by atoms with Crippen LogP contribution in [0.3, 0.4) is 0 Å². The van der Waals surface area contributed by atoms with E-state index in [0.717, 1.165) is 21.3 Å². The number of rotatable bonds is 6. The van der Waals surface area contributed by atoms with E-state index in [4.69, 9.17) is 0 Å². The van der Waals surface area contributed by atoms with Gasteiger partial charge in [0, 0.05) is 22.3 Å². The molecular weight excluding hydrogens is 356 g/mol. The molecule has 4 nitrogen and oxygen atoms in total. The number of benzene rings is 1. The van der Waals surface area contributed by atoms with Gasteiger partial charge in [-0.2, -0.15) is 0 Å². The maximum absolute atomic E-state index is 12.5. The molecular formula is C18H21BrN2O2. The van der Waals surface area contributed by atoms with Crippen LogP contribution in [0.5, 0.6) is 0 Å². The summed E-state index contributed by atoms with van der Waals surface area (Å²) in [5.74, 6) is -0.0236. The molecule has 0 spiro atoms. The second kappa shape index (κ2) is 7.23. The van der Waals surface area contributed by atoms with Crippen LogP contribution in [0.1, 0.15) is 44.6 Å². The molecule has 1 aromatic heterocycles. The first kappa shape index (κ1) is 17.6. The van der Waals surface area contributed by atoms with E-state index in [0.29, 0.717) is 24.3 Å². The lowest BCUT2D eigenvalue weighted by Gasteiger charge is -2.16. The molecule has 2 aromatic rings. The largest absolute Gasteiger partial charge is 0.355 e. The van der Waals surface area contributed by atoms with Crippen LogP contribution >= 0.6 is 15.9 Å². The third-order valence-corrected chi connectivity index (χ3v) is 4.65. The Morgan fingerprint density at radius 2 is 1.87 bits per heavy atom. The minimum atomic E-state index is -0.0168. The standard InChI is InChI=1S/C18H21BrN2O2/c1-11-17(13(3)22)12(2)20-18(11)16(23)10-21(4)9-14-7-5-6-8-15(14)19/h5-8,20H,9-10H2,1-4H3. The Bertz CT molecular complexity index is 749. The average Bonchev–Trinajstić information content (AvgIpc) is 2.76. The lowest BCUT2D eigenvalue weighted by atomic mass is 10.1. The summed E-state index contributed by atoms with van der Waals surface area (Å²) in [7, 11) is 1.91. The summed E-state index contributed by atoms with van der Waals surface area (Å²) >= 11 is 3.52. The highest BCUT2D eigenvalue weighted by atomic mass is 79.9. The highest BCUT2D eigenvalue weighted by Gasteiger charge is 2.20. The van der Waals surface area contributed by atoms with E-state index in [1.54, 1.807) is 0 Å². The van der Waals surface area contributed by atoms with Gasteiger partial charge in [-0.3, -0.25) is 14.5 Å². The topological polar surface area (TPSA) is 53.2 Å². The molecule has 0 aliphatic carbocycles. The van der Waals surface area contributed by atoms with Gasteiger partial charge in [0.25, 0.3) is 0 Å². The van der Waals surface area contributed by atoms with Gasteiger partial charge in [0.2, 0.25) is 0 Å². The lowest BCUT2D eigenvalue weighted by molar-refractivity contribution is 0.0937. The SMILES string of the molecule is CC(=O)c1c(C)[nH]c(C(=O)CN(C)Cc2ccccc2Br)c1C. The maximum Gasteiger partial charge on any atom is 0.193 e. The second-order valence-corrected chi connectivity index (χ2v) is 6.72. The van der Waals surface area contributed by atoms with Crippen molar-refractivity contribution in [2.24, 2.45) is 0 Å². The number of H-pyrrole nitrogens is 1. The molecule has 0 unspecified atom stereocenters. The number of nitrogens with one attached hydrogen (secondary N) is 1. The molecule has 0 saturated heterocycles. The molecule has 0 saturated carbocycles. The van der Waals surface area contributed by atoms with Crippen molar-refractivity contribution in [1.29, 1.82) is 0 Å². The van der Waals surface area contributed by atoms with E-state index in [1.807, 2.05) is 50.1 Å². The number of halogens is 1. The van der Waals surface area contributed by atoms with Crippen LogP contribution in [0.4, 0.5) is 0 Å². The number of aryl methyl sites for hydroxylation is 1. The summed E-state index contributed by atoms with van der Waals surface area (Å²) in [4.78, 5) is 29.3. The van der Waals surface area contributed by atoms with Crippen molar-refractivity contribution < 1.29 is 9.59 Å². The molecule has 1 aromatic carbocycles. The number of carbonyl (C=O) groups is 2. The molecule has 0 aliphatic rings. The van der Waals surface area contributed by atoms with Gasteiger partial charge in [0.05, 0.1) is 12.2 Å². The molecule has 0 fully saturated rings. The number of Topliss-reactive ketones (excluding diaryl/α,β-unsaturated/α-hetero) is 2. The molecule has 0 amide bonds. The lowest BCUT2D eigenvalue weighted by Crippen LogP contribution is -2.26. The fourth-order valence-corrected chi connectivity index (χ4v) is 3.26. The number of hydrogen-bond acceptors (Lipinski definition) is 3. The van der Waals surface area contributed by atoms with Crippen LogP contribution in [-0.4, -0.2) is 35.0 Å². The smallest absolute Gasteiger partial charge is 0.193 e. The summed E-state index contributed by atoms with van der Waals surface area (Å²) in [5.41, 5.74) is 3.79. The van der Waals surface area contributed by atoms with Gasteiger partial charge in [-0.25, -0.2) is 0 Å². The highest BCUT2D eigenvalue weighted by molar-refractivity contribution is 9.10. The number of carbonyl (C=O) groups excluding carboxylic acids is 2. The summed E-state index contributed by atoms with van der Waals surface area (Å²) in [6.45, 7) is 6.13. The number of ketones is 2. The Morgan fingerprint density at radius 3 is 2.43 bits per heavy atom. The minimum absolute atomic E-state index is 0.00680. The number of aromatic amines is 1. The molecule has 1 N–H and O–H groups in total. The Morgan fingerprint density at radius 1 is 1.22 bits per heavy atom. The van der Waals surface area contributed by atoms with Gasteiger partial charge in [-0.15, -0.1) is 0 Å². The van der Waals surface area contributed by atoms with Gasteiger partial charge < -0.3 is 4.98 Å². The van der Waals surface area contributed by atoms with E-state index < -0.39 is 0 Å². The van der Waals surface area contributed by atoms with Crippen LogP contribution < -0.4 is 0 Å². The number of likely N-dealkylation sites (N-methyl/N-ethyl adjacent to an activating group) is 1. The Hall–Kier alpha value is -1.72. The third-order valence-electron chi connectivity index (χ3n) is 3.88. The van der Waals surface area contributed by atoms with E-state index in [2.05, 4.69) is 20.9 Å². The zero-order valence-electron chi connectivity index (χ0n) is 13.9. The summed E-state index contributed by atoms with van der Waals surface area (Å²) in [5, 5.41) is 0. The predicted octanol–water partition coefficient (Wildman–Crippen LogP) is 3.91. The van der Waals surface area contributed by atoms with Crippen molar-refractivity contribution in [2.75, 3.05) is 13.6 Å². The van der Waals surface area contributed by atoms with Crippen molar-refractivity contribution >= 4 is 27.5 Å². The maximum atomic E-state index is 12.5. The minimum Gasteiger partial charge on any atom is -0.355 e. The average molecular weight is 377 g/mol. The summed E-state index contributed by atoms with van der Waals surface area (Å²) < 4.78 is 1.03. The fourth-order valence-electron chi connectivity index (χ4n) is 2.85. The van der Waals surface area contributed by atoms with E-state index in [1.165, 1.54) is 6.92 Å². The predicted molar refractivity (Wildman–Crippen MR) is 95.1 cm³/mol. The Balaban J connectivity index is 2.12. The molecule has 0 aliphatic heterocycles. The van der Waals surface area contributed by atoms with Crippen molar-refractivity contribution in [3.63, 3.8) is 0 Å². The van der Waals surface area contributed by atoms with Crippen molar-refractivity contribution in [2.45, 2.75) is 27.3 Å². The first-order chi connectivity index (χ1) is 10.8. The zero-order chi connectivity index (χ0) is 17.1. The van der Waals surface area contributed by atoms with Crippen LogP contribution in [0.15, 0.2) is 28.7 Å². The van der Waals surface area contributed by atoms with Gasteiger partial charge in [-0.05, 0) is 45.0 Å². The molecule has 1 heterocycles. The van der Waals surface area contributed by atoms with Crippen molar-refractivity contribution in [1.82, 2.24) is 9.88 Å². The monoisotopic (exact) mass is 376 g/mol. The molecule has 0 atom stereocenters. The first-order valence-electron chi connectivity index (χ1n) is 7.46. The van der Waals surface area contributed by atoms with Gasteiger partial charge in [0.15, 0.2) is 11.6 Å². The van der Waals surface area contributed by atoms with Crippen LogP contribution in [0.25, 0.3) is 0 Å². The van der Waals surface area contributed by atoms with Crippen LogP contribution in [-0.2, 0) is 6.54 Å². The van der Waals surface area contributed by atoms with Gasteiger partial charge >= 0.3 is 0 Å². The molecule has 122 valence electrons. The van der Waals surface area contributed by atoms with E-state index >= 15 is 0 Å². The summed E-state index contributed by atoms with van der Waals surface area (Å²) in [6.07, 6.45) is 0. The fraction of sp³-hybridized carbons (Fsp3) is 0.333. The Labute approximate surface area is 145 Å². The van der Waals surface area contributed by atoms with E-state index in [9.17, 15) is 9.59 Å². The highest BCUT2D eigenvalue weighted by Crippen LogP contribution is 2.20. The molecule has 5 heteroatoms. The Kier molecular flexibility index (Phi) is 5.55. The number of nitrogens with zero attached hydrogens (tertiary/aromatic N) is 1. The molecule has 2 rings (SSSR count). The van der Waals surface area contributed by atoms with Crippen LogP contribution in [0, 0.1) is 13.8 Å². The van der Waals surface area contributed by atoms with E-state index in [-0.39, 0.29) is 11.6 Å². The number of aromatic nitrogens is 1. The third kappa shape index (κ3) is 3.98. The van der Waals surface area contributed by atoms with Crippen molar-refractivity contribution in [3.8, 4) is 0 Å². The van der Waals surface area contributed by atoms with Gasteiger partial charge in [-0.1, -0.05) is 34.1 Å². The van der Waals surface area contributed by atoms with Crippen LogP contribution in [0.2, 0.25) is 0 Å². The first-order valence-corrected chi connectivity index (χ1v) is 8.25. The van der Waals surface area contributed by atoms with Crippen molar-refractivity contribution in [3.05, 3.63) is 56.8 Å². The normalized spacial score (nSPS) is 11.0. The molecule has 0 radical (unpaired) electrons.